The topological polar surface area (TPSA) is 100 Å². The molecule has 0 fully saturated rings. The maximum absolute atomic E-state index is 11.5. The summed E-state index contributed by atoms with van der Waals surface area (Å²) in [4.78, 5) is 11.5. The third kappa shape index (κ3) is 2.96. The number of hydrogen-bond donors (Lipinski definition) is 3. The van der Waals surface area contributed by atoms with Gasteiger partial charge in [0.15, 0.2) is 6.29 Å². The number of aldehydes is 1. The maximum Gasteiger partial charge on any atom is 0.150 e. The van der Waals surface area contributed by atoms with Gasteiger partial charge in [-0.25, -0.2) is 0 Å². The maximum atomic E-state index is 11.5. The van der Waals surface area contributed by atoms with Crippen molar-refractivity contribution in [1.82, 2.24) is 0 Å². The Balaban J connectivity index is 0.000000948. The summed E-state index contributed by atoms with van der Waals surface area (Å²) < 4.78 is 5.96. The molecule has 5 nitrogen and oxygen atoms in total. The lowest BCUT2D eigenvalue weighted by Gasteiger charge is -2.16. The lowest BCUT2D eigenvalue weighted by atomic mass is 9.91. The van der Waals surface area contributed by atoms with Crippen molar-refractivity contribution in [3.63, 3.8) is 0 Å². The predicted octanol–water partition coefficient (Wildman–Crippen LogP) is 3.69. The zero-order valence-electron chi connectivity index (χ0n) is 14.2. The third-order valence-corrected chi connectivity index (χ3v) is 4.10. The quantitative estimate of drug-likeness (QED) is 0.293. The molecule has 4 N–H and O–H groups in total. The number of nitrogens with two attached hydrogens (primary N) is 1. The molecule has 0 amide bonds. The first-order valence-electron chi connectivity index (χ1n) is 7.97. The van der Waals surface area contributed by atoms with Crippen molar-refractivity contribution in [3.8, 4) is 22.5 Å². The van der Waals surface area contributed by atoms with E-state index in [1.54, 1.807) is 24.3 Å². The first kappa shape index (κ1) is 17.4. The number of anilines is 1. The Bertz CT molecular complexity index is 1120. The molecule has 0 unspecified atom stereocenters. The molecular formula is C21H18N2O3. The molecule has 2 aliphatic rings. The van der Waals surface area contributed by atoms with E-state index in [4.69, 9.17) is 20.7 Å². The average molecular weight is 346 g/mol. The fraction of sp³-hybridized carbons (Fsp3) is 0.0476. The van der Waals surface area contributed by atoms with Crippen LogP contribution in [-0.2, 0) is 0 Å². The first-order valence-corrected chi connectivity index (χ1v) is 7.97. The van der Waals surface area contributed by atoms with Gasteiger partial charge in [-0.15, -0.1) is 0 Å². The van der Waals surface area contributed by atoms with Gasteiger partial charge in [0.2, 0.25) is 0 Å². The number of benzene rings is 3. The van der Waals surface area contributed by atoms with Crippen LogP contribution in [0.3, 0.4) is 0 Å². The third-order valence-electron chi connectivity index (χ3n) is 4.10. The van der Waals surface area contributed by atoms with Crippen molar-refractivity contribution in [3.05, 3.63) is 71.6 Å². The largest absolute Gasteiger partial charge is 0.456 e. The van der Waals surface area contributed by atoms with Crippen LogP contribution in [0, 0.1) is 5.41 Å². The molecule has 5 heteroatoms. The zero-order chi connectivity index (χ0) is 18.7. The summed E-state index contributed by atoms with van der Waals surface area (Å²) in [5, 5.41) is 16.1. The van der Waals surface area contributed by atoms with Gasteiger partial charge in [0.25, 0.3) is 0 Å². The molecule has 2 aromatic carbocycles. The Labute approximate surface area is 150 Å². The SMILES string of the molecule is CO.N=c1ccc2c(-c3ccccc3C=O)c3ccc(N)cc3oc-2c1. The van der Waals surface area contributed by atoms with Gasteiger partial charge in [-0.1, -0.05) is 24.3 Å². The Hall–Kier alpha value is -3.44. The van der Waals surface area contributed by atoms with Gasteiger partial charge in [-0.2, -0.15) is 0 Å². The minimum Gasteiger partial charge on any atom is -0.456 e. The minimum absolute atomic E-state index is 0.365. The van der Waals surface area contributed by atoms with Crippen LogP contribution in [0.2, 0.25) is 0 Å². The fourth-order valence-corrected chi connectivity index (χ4v) is 3.02. The Morgan fingerprint density at radius 2 is 1.77 bits per heavy atom. The van der Waals surface area contributed by atoms with E-state index in [1.165, 1.54) is 0 Å². The summed E-state index contributed by atoms with van der Waals surface area (Å²) in [5.74, 6) is 0.594. The molecule has 26 heavy (non-hydrogen) atoms. The highest BCUT2D eigenvalue weighted by atomic mass is 16.3. The molecule has 2 aromatic rings. The average Bonchev–Trinajstić information content (AvgIpc) is 2.67. The van der Waals surface area contributed by atoms with Crippen molar-refractivity contribution in [2.75, 3.05) is 12.8 Å². The lowest BCUT2D eigenvalue weighted by Crippen LogP contribution is -2.01. The predicted molar refractivity (Wildman–Crippen MR) is 102 cm³/mol. The summed E-state index contributed by atoms with van der Waals surface area (Å²) in [7, 11) is 1.00. The molecule has 0 spiro atoms. The summed E-state index contributed by atoms with van der Waals surface area (Å²) in [6.45, 7) is 0. The second kappa shape index (κ2) is 7.21. The van der Waals surface area contributed by atoms with E-state index < -0.39 is 0 Å². The van der Waals surface area contributed by atoms with Gasteiger partial charge in [-0.05, 0) is 29.8 Å². The van der Waals surface area contributed by atoms with Gasteiger partial charge in [0, 0.05) is 47.0 Å². The van der Waals surface area contributed by atoms with Crippen molar-refractivity contribution in [1.29, 1.82) is 5.41 Å². The smallest absolute Gasteiger partial charge is 0.150 e. The van der Waals surface area contributed by atoms with E-state index in [0.717, 1.165) is 35.5 Å². The normalized spacial score (nSPS) is 10.4. The Morgan fingerprint density at radius 3 is 2.54 bits per heavy atom. The monoisotopic (exact) mass is 346 g/mol. The van der Waals surface area contributed by atoms with E-state index in [9.17, 15) is 4.79 Å². The molecule has 0 atom stereocenters. The molecule has 4 rings (SSSR count). The van der Waals surface area contributed by atoms with Crippen molar-refractivity contribution in [2.45, 2.75) is 0 Å². The van der Waals surface area contributed by atoms with Gasteiger partial charge in [0.05, 0.1) is 5.36 Å². The van der Waals surface area contributed by atoms with Crippen LogP contribution >= 0.6 is 0 Å². The van der Waals surface area contributed by atoms with E-state index >= 15 is 0 Å². The summed E-state index contributed by atoms with van der Waals surface area (Å²) in [5.41, 5.74) is 10.3. The first-order chi connectivity index (χ1) is 12.7. The number of nitrogen functional groups attached to an aromatic ring is 1. The van der Waals surface area contributed by atoms with Gasteiger partial charge < -0.3 is 20.7 Å². The van der Waals surface area contributed by atoms with Crippen LogP contribution in [0.25, 0.3) is 33.4 Å². The second-order valence-corrected chi connectivity index (χ2v) is 5.65. The molecule has 0 saturated heterocycles. The molecule has 1 heterocycles. The number of hydrogen-bond acceptors (Lipinski definition) is 5. The minimum atomic E-state index is 0.365. The van der Waals surface area contributed by atoms with Crippen molar-refractivity contribution >= 4 is 22.9 Å². The van der Waals surface area contributed by atoms with Crippen LogP contribution in [0.4, 0.5) is 5.69 Å². The molecule has 0 radical (unpaired) electrons. The molecule has 130 valence electrons. The molecular weight excluding hydrogens is 328 g/mol. The summed E-state index contributed by atoms with van der Waals surface area (Å²) >= 11 is 0. The van der Waals surface area contributed by atoms with Crippen LogP contribution in [0.5, 0.6) is 0 Å². The van der Waals surface area contributed by atoms with Crippen LogP contribution in [0.15, 0.2) is 65.1 Å². The van der Waals surface area contributed by atoms with Crippen molar-refractivity contribution < 1.29 is 14.3 Å². The Morgan fingerprint density at radius 1 is 1.00 bits per heavy atom. The number of aliphatic hydroxyl groups excluding tert-OH is 1. The molecule has 0 saturated carbocycles. The number of carbonyl (C=O) groups excluding carboxylic acids is 1. The number of nitrogens with one attached hydrogen (secondary N) is 1. The molecule has 1 aliphatic heterocycles. The standard InChI is InChI=1S/C20H14N2O2.CH4O/c21-13-5-7-16-18(9-13)24-19-10-14(22)6-8-17(19)20(16)15-4-2-1-3-12(15)11-23;1-2/h1-11,21H,22H2;2H,1H3. The van der Waals surface area contributed by atoms with E-state index in [2.05, 4.69) is 0 Å². The van der Waals surface area contributed by atoms with Gasteiger partial charge in [-0.3, -0.25) is 4.79 Å². The molecule has 0 aromatic heterocycles. The number of aliphatic hydroxyl groups is 1. The zero-order valence-corrected chi connectivity index (χ0v) is 14.2. The van der Waals surface area contributed by atoms with E-state index in [0.29, 0.717) is 28.0 Å². The second-order valence-electron chi connectivity index (χ2n) is 5.65. The number of rotatable bonds is 2. The van der Waals surface area contributed by atoms with Crippen LogP contribution < -0.4 is 11.1 Å². The highest BCUT2D eigenvalue weighted by molar-refractivity contribution is 6.05. The number of carbonyl (C=O) groups is 1. The highest BCUT2D eigenvalue weighted by Crippen LogP contribution is 2.41. The van der Waals surface area contributed by atoms with Gasteiger partial charge in [0.1, 0.15) is 11.3 Å². The lowest BCUT2D eigenvalue weighted by molar-refractivity contribution is 0.112. The molecule has 1 aliphatic carbocycles. The summed E-state index contributed by atoms with van der Waals surface area (Å²) in [6, 6.07) is 18.2. The van der Waals surface area contributed by atoms with Crippen LogP contribution in [-0.4, -0.2) is 18.5 Å². The Kier molecular flexibility index (Phi) is 4.82. The fourth-order valence-electron chi connectivity index (χ4n) is 3.02. The molecule has 0 bridgehead atoms. The summed E-state index contributed by atoms with van der Waals surface area (Å²) in [6.07, 6.45) is 0.854. The highest BCUT2D eigenvalue weighted by Gasteiger charge is 2.18. The van der Waals surface area contributed by atoms with Crippen molar-refractivity contribution in [2.24, 2.45) is 0 Å². The van der Waals surface area contributed by atoms with E-state index in [1.807, 2.05) is 36.4 Å². The number of fused-ring (bicyclic) bond motifs is 2. The van der Waals surface area contributed by atoms with E-state index in [-0.39, 0.29) is 0 Å². The van der Waals surface area contributed by atoms with Gasteiger partial charge >= 0.3 is 0 Å². The van der Waals surface area contributed by atoms with Crippen LogP contribution in [0.1, 0.15) is 10.4 Å².